The number of halogens is 4. The Hall–Kier alpha value is -3.54. The Bertz CT molecular complexity index is 1390. The maximum Gasteiger partial charge on any atom is 0.418 e. The van der Waals surface area contributed by atoms with Crippen molar-refractivity contribution in [3.8, 4) is 17.0 Å². The van der Waals surface area contributed by atoms with Crippen LogP contribution in [0.2, 0.25) is 5.02 Å². The quantitative estimate of drug-likeness (QED) is 0.463. The van der Waals surface area contributed by atoms with Gasteiger partial charge in [0.1, 0.15) is 30.2 Å². The van der Waals surface area contributed by atoms with Gasteiger partial charge in [0.05, 0.1) is 33.7 Å². The number of nitrogens with two attached hydrogens (primary N) is 1. The summed E-state index contributed by atoms with van der Waals surface area (Å²) in [4.78, 5) is 28.4. The van der Waals surface area contributed by atoms with Crippen molar-refractivity contribution in [1.29, 1.82) is 0 Å². The topological polar surface area (TPSA) is 107 Å². The minimum Gasteiger partial charge on any atom is -0.489 e. The molecule has 0 saturated carbocycles. The molecule has 0 bridgehead atoms. The molecule has 0 atom stereocenters. The molecule has 0 unspecified atom stereocenters. The van der Waals surface area contributed by atoms with Crippen LogP contribution >= 0.6 is 11.6 Å². The van der Waals surface area contributed by atoms with Crippen LogP contribution in [0.4, 0.5) is 29.6 Å². The highest BCUT2D eigenvalue weighted by atomic mass is 35.5. The van der Waals surface area contributed by atoms with E-state index in [2.05, 4.69) is 15.0 Å². The predicted octanol–water partition coefficient (Wildman–Crippen LogP) is 5.32. The van der Waals surface area contributed by atoms with Crippen molar-refractivity contribution in [1.82, 2.24) is 19.9 Å². The lowest BCUT2D eigenvalue weighted by atomic mass is 9.99. The van der Waals surface area contributed by atoms with Crippen LogP contribution in [0.25, 0.3) is 22.2 Å². The Labute approximate surface area is 222 Å². The summed E-state index contributed by atoms with van der Waals surface area (Å²) in [6.07, 6.45) is -3.84. The summed E-state index contributed by atoms with van der Waals surface area (Å²) < 4.78 is 53.4. The molecule has 1 aliphatic rings. The van der Waals surface area contributed by atoms with Gasteiger partial charge in [-0.2, -0.15) is 13.2 Å². The van der Waals surface area contributed by atoms with Crippen molar-refractivity contribution in [2.24, 2.45) is 0 Å². The molecule has 38 heavy (non-hydrogen) atoms. The molecule has 3 heterocycles. The highest BCUT2D eigenvalue weighted by Gasteiger charge is 2.38. The Morgan fingerprint density at radius 1 is 1.26 bits per heavy atom. The molecule has 0 aliphatic carbocycles. The molecule has 2 aromatic heterocycles. The first-order chi connectivity index (χ1) is 17.7. The number of amides is 1. The summed E-state index contributed by atoms with van der Waals surface area (Å²) in [7, 11) is 1.63. The number of aromatic nitrogens is 3. The zero-order valence-electron chi connectivity index (χ0n) is 21.6. The molecule has 1 amide bonds. The Kier molecular flexibility index (Phi) is 7.21. The van der Waals surface area contributed by atoms with Crippen LogP contribution in [-0.2, 0) is 10.9 Å². The Morgan fingerprint density at radius 3 is 2.63 bits per heavy atom. The van der Waals surface area contributed by atoms with E-state index < -0.39 is 29.1 Å². The number of alkyl halides is 3. The first-order valence-corrected chi connectivity index (χ1v) is 12.2. The van der Waals surface area contributed by atoms with E-state index in [1.165, 1.54) is 30.3 Å². The Balaban J connectivity index is 1.77. The fourth-order valence-electron chi connectivity index (χ4n) is 4.23. The van der Waals surface area contributed by atoms with Crippen molar-refractivity contribution in [3.63, 3.8) is 0 Å². The molecule has 13 heteroatoms. The molecular weight excluding hydrogens is 525 g/mol. The molecule has 1 aliphatic heterocycles. The van der Waals surface area contributed by atoms with E-state index in [4.69, 9.17) is 26.8 Å². The van der Waals surface area contributed by atoms with E-state index in [-0.39, 0.29) is 34.3 Å². The maximum absolute atomic E-state index is 14.0. The fraction of sp³-hybridized carbons (Fsp3) is 0.440. The minimum absolute atomic E-state index is 0.000323. The molecule has 0 radical (unpaired) electrons. The molecule has 2 N–H and O–H groups in total. The van der Waals surface area contributed by atoms with Crippen molar-refractivity contribution in [2.45, 2.75) is 39.5 Å². The van der Waals surface area contributed by atoms with Gasteiger partial charge in [-0.25, -0.2) is 19.7 Å². The fourth-order valence-corrected chi connectivity index (χ4v) is 4.52. The molecule has 204 valence electrons. The number of hydrogen-bond acceptors (Lipinski definition) is 8. The molecule has 1 aromatic carbocycles. The summed E-state index contributed by atoms with van der Waals surface area (Å²) in [5.74, 6) is 0.575. The number of carbonyl (C=O) groups excluding carboxylic acids is 1. The van der Waals surface area contributed by atoms with E-state index >= 15 is 0 Å². The number of aryl methyl sites for hydroxylation is 1. The normalized spacial score (nSPS) is 13.8. The largest absolute Gasteiger partial charge is 0.489 e. The summed E-state index contributed by atoms with van der Waals surface area (Å²) in [6, 6.07) is 2.60. The third kappa shape index (κ3) is 5.50. The number of benzene rings is 1. The van der Waals surface area contributed by atoms with Gasteiger partial charge < -0.3 is 25.0 Å². The van der Waals surface area contributed by atoms with Crippen LogP contribution in [0.3, 0.4) is 0 Å². The number of pyridine rings is 1. The van der Waals surface area contributed by atoms with Gasteiger partial charge in [0.2, 0.25) is 0 Å². The highest BCUT2D eigenvalue weighted by molar-refractivity contribution is 6.36. The number of anilines is 2. The second-order valence-corrected chi connectivity index (χ2v) is 10.4. The zero-order chi connectivity index (χ0) is 28.0. The number of nitrogens with zero attached hydrogens (tertiary/aromatic N) is 5. The van der Waals surface area contributed by atoms with Crippen molar-refractivity contribution in [2.75, 3.05) is 43.9 Å². The minimum atomic E-state index is -4.69. The van der Waals surface area contributed by atoms with Gasteiger partial charge in [-0.05, 0) is 45.4 Å². The van der Waals surface area contributed by atoms with Crippen molar-refractivity contribution < 1.29 is 27.4 Å². The smallest absolute Gasteiger partial charge is 0.418 e. The van der Waals surface area contributed by atoms with E-state index in [1.807, 2.05) is 4.90 Å². The van der Waals surface area contributed by atoms with Crippen LogP contribution in [0, 0.1) is 6.92 Å². The van der Waals surface area contributed by atoms with Crippen LogP contribution in [0.15, 0.2) is 18.5 Å². The summed E-state index contributed by atoms with van der Waals surface area (Å²) in [6.45, 7) is 7.94. The van der Waals surface area contributed by atoms with Crippen LogP contribution in [0.1, 0.15) is 31.9 Å². The summed E-state index contributed by atoms with van der Waals surface area (Å²) in [5, 5.41) is 0.400. The third-order valence-corrected chi connectivity index (χ3v) is 6.27. The van der Waals surface area contributed by atoms with Gasteiger partial charge >= 0.3 is 12.3 Å². The zero-order valence-corrected chi connectivity index (χ0v) is 22.4. The number of hydrogen-bond donors (Lipinski definition) is 1. The summed E-state index contributed by atoms with van der Waals surface area (Å²) >= 11 is 6.69. The van der Waals surface area contributed by atoms with Crippen molar-refractivity contribution >= 4 is 40.2 Å². The van der Waals surface area contributed by atoms with Crippen molar-refractivity contribution in [3.05, 3.63) is 34.6 Å². The average Bonchev–Trinajstić information content (AvgIpc) is 2.97. The van der Waals surface area contributed by atoms with E-state index in [9.17, 15) is 18.0 Å². The van der Waals surface area contributed by atoms with Gasteiger partial charge in [-0.1, -0.05) is 11.6 Å². The number of carbonyl (C=O) groups is 1. The number of nitrogen functional groups attached to an aromatic ring is 1. The second-order valence-electron chi connectivity index (χ2n) is 9.98. The molecule has 0 fully saturated rings. The average molecular weight is 553 g/mol. The number of ether oxygens (including phenoxy) is 2. The SMILES string of the molecule is Cc1cc(N)nc(-c2cc3ncnc4c3c(c2Cl)OCCN4CCN(C)C(=O)OC(C)(C)C)c1C(F)(F)F. The van der Waals surface area contributed by atoms with Gasteiger partial charge in [0.15, 0.2) is 5.75 Å². The Morgan fingerprint density at radius 2 is 1.97 bits per heavy atom. The van der Waals surface area contributed by atoms with E-state index in [0.717, 1.165) is 0 Å². The van der Waals surface area contributed by atoms with Crippen LogP contribution in [-0.4, -0.2) is 64.8 Å². The van der Waals surface area contributed by atoms with E-state index in [0.29, 0.717) is 36.4 Å². The monoisotopic (exact) mass is 552 g/mol. The van der Waals surface area contributed by atoms with Gasteiger partial charge in [0.25, 0.3) is 0 Å². The maximum atomic E-state index is 14.0. The number of rotatable bonds is 4. The second kappa shape index (κ2) is 9.97. The summed E-state index contributed by atoms with van der Waals surface area (Å²) in [5.41, 5.74) is 4.10. The first-order valence-electron chi connectivity index (χ1n) is 11.8. The molecule has 0 spiro atoms. The van der Waals surface area contributed by atoms with E-state index in [1.54, 1.807) is 27.8 Å². The van der Waals surface area contributed by atoms with Crippen LogP contribution < -0.4 is 15.4 Å². The lowest BCUT2D eigenvalue weighted by Crippen LogP contribution is -2.40. The lowest BCUT2D eigenvalue weighted by molar-refractivity contribution is -0.137. The first kappa shape index (κ1) is 27.5. The molecule has 9 nitrogen and oxygen atoms in total. The van der Waals surface area contributed by atoms with Crippen LogP contribution in [0.5, 0.6) is 5.75 Å². The molecule has 3 aromatic rings. The predicted molar refractivity (Wildman–Crippen MR) is 139 cm³/mol. The third-order valence-electron chi connectivity index (χ3n) is 5.89. The standard InChI is InChI=1S/C25H28ClF3N6O3/c1-13-10-16(30)33-20(18(13)25(27,28)29)14-11-15-17-21(19(14)26)37-9-8-35(22(17)32-12-31-15)7-6-34(5)23(36)38-24(2,3)4/h10-12H,6-9H2,1-5H3,(H2,30,33). The number of likely N-dealkylation sites (N-methyl/N-ethyl adjacent to an activating group) is 1. The molecule has 4 rings (SSSR count). The molecule has 0 saturated heterocycles. The highest BCUT2D eigenvalue weighted by Crippen LogP contribution is 2.47. The van der Waals surface area contributed by atoms with Gasteiger partial charge in [-0.3, -0.25) is 0 Å². The molecular formula is C25H28ClF3N6O3. The van der Waals surface area contributed by atoms with Gasteiger partial charge in [-0.15, -0.1) is 0 Å². The van der Waals surface area contributed by atoms with Gasteiger partial charge in [0, 0.05) is 25.7 Å². The lowest BCUT2D eigenvalue weighted by Gasteiger charge is -2.27.